The van der Waals surface area contributed by atoms with E-state index in [-0.39, 0.29) is 17.1 Å². The number of hydrogen-bond acceptors (Lipinski definition) is 3. The smallest absolute Gasteiger partial charge is 0.264 e. The SMILES string of the molecule is CCN(c1ccccc1F)S(=O)(=O)c1cc(N)ccc1C. The van der Waals surface area contributed by atoms with Gasteiger partial charge in [-0.3, -0.25) is 4.31 Å². The lowest BCUT2D eigenvalue weighted by Crippen LogP contribution is -2.32. The van der Waals surface area contributed by atoms with Crippen LogP contribution < -0.4 is 10.0 Å². The molecule has 0 heterocycles. The van der Waals surface area contributed by atoms with E-state index in [4.69, 9.17) is 5.73 Å². The molecular formula is C15H17FN2O2S. The van der Waals surface area contributed by atoms with Crippen LogP contribution in [0.5, 0.6) is 0 Å². The Morgan fingerprint density at radius 3 is 2.48 bits per heavy atom. The number of rotatable bonds is 4. The van der Waals surface area contributed by atoms with Gasteiger partial charge in [0.2, 0.25) is 0 Å². The highest BCUT2D eigenvalue weighted by molar-refractivity contribution is 7.92. The summed E-state index contributed by atoms with van der Waals surface area (Å²) in [6.07, 6.45) is 0. The molecule has 2 aromatic carbocycles. The quantitative estimate of drug-likeness (QED) is 0.883. The van der Waals surface area contributed by atoms with Crippen LogP contribution in [-0.4, -0.2) is 15.0 Å². The molecule has 4 nitrogen and oxygen atoms in total. The molecule has 0 radical (unpaired) electrons. The van der Waals surface area contributed by atoms with Crippen molar-refractivity contribution < 1.29 is 12.8 Å². The van der Waals surface area contributed by atoms with E-state index in [2.05, 4.69) is 0 Å². The second kappa shape index (κ2) is 5.73. The summed E-state index contributed by atoms with van der Waals surface area (Å²) in [5.74, 6) is -0.579. The minimum atomic E-state index is -3.87. The van der Waals surface area contributed by atoms with Crippen molar-refractivity contribution in [2.24, 2.45) is 0 Å². The summed E-state index contributed by atoms with van der Waals surface area (Å²) >= 11 is 0. The van der Waals surface area contributed by atoms with Crippen LogP contribution >= 0.6 is 0 Å². The van der Waals surface area contributed by atoms with E-state index in [1.54, 1.807) is 32.0 Å². The van der Waals surface area contributed by atoms with Crippen LogP contribution in [0.1, 0.15) is 12.5 Å². The molecule has 0 amide bonds. The Morgan fingerprint density at radius 2 is 1.86 bits per heavy atom. The predicted octanol–water partition coefficient (Wildman–Crippen LogP) is 2.93. The number of anilines is 2. The van der Waals surface area contributed by atoms with Gasteiger partial charge >= 0.3 is 0 Å². The zero-order chi connectivity index (χ0) is 15.6. The molecule has 2 aromatic rings. The summed E-state index contributed by atoms with van der Waals surface area (Å²) in [5.41, 5.74) is 6.63. The van der Waals surface area contributed by atoms with E-state index in [1.165, 1.54) is 24.3 Å². The third-order valence-corrected chi connectivity index (χ3v) is 5.22. The normalized spacial score (nSPS) is 11.4. The summed E-state index contributed by atoms with van der Waals surface area (Å²) in [5, 5.41) is 0. The van der Waals surface area contributed by atoms with Crippen molar-refractivity contribution in [3.8, 4) is 0 Å². The summed E-state index contributed by atoms with van der Waals surface area (Å²) in [7, 11) is -3.87. The van der Waals surface area contributed by atoms with Gasteiger partial charge in [0.15, 0.2) is 0 Å². The van der Waals surface area contributed by atoms with Crippen molar-refractivity contribution in [1.29, 1.82) is 0 Å². The van der Waals surface area contributed by atoms with Gasteiger partial charge in [-0.2, -0.15) is 0 Å². The first-order chi connectivity index (χ1) is 9.87. The zero-order valence-corrected chi connectivity index (χ0v) is 12.7. The number of nitrogens with two attached hydrogens (primary N) is 1. The molecule has 0 aromatic heterocycles. The number of nitrogen functional groups attached to an aromatic ring is 1. The monoisotopic (exact) mass is 308 g/mol. The summed E-state index contributed by atoms with van der Waals surface area (Å²) in [4.78, 5) is 0.0904. The molecule has 0 aliphatic rings. The van der Waals surface area contributed by atoms with Crippen LogP contribution in [0.4, 0.5) is 15.8 Å². The Balaban J connectivity index is 2.61. The third kappa shape index (κ3) is 2.85. The lowest BCUT2D eigenvalue weighted by Gasteiger charge is -2.24. The highest BCUT2D eigenvalue weighted by Gasteiger charge is 2.27. The number of sulfonamides is 1. The Kier molecular flexibility index (Phi) is 4.18. The fourth-order valence-electron chi connectivity index (χ4n) is 2.14. The van der Waals surface area contributed by atoms with Crippen molar-refractivity contribution in [2.45, 2.75) is 18.7 Å². The Labute approximate surface area is 124 Å². The van der Waals surface area contributed by atoms with Gasteiger partial charge in [0.05, 0.1) is 10.6 Å². The van der Waals surface area contributed by atoms with E-state index < -0.39 is 15.8 Å². The predicted molar refractivity (Wildman–Crippen MR) is 82.2 cm³/mol. The fraction of sp³-hybridized carbons (Fsp3) is 0.200. The minimum Gasteiger partial charge on any atom is -0.399 e. The summed E-state index contributed by atoms with van der Waals surface area (Å²) in [6.45, 7) is 3.46. The van der Waals surface area contributed by atoms with Gasteiger partial charge in [-0.05, 0) is 43.7 Å². The molecule has 0 aliphatic heterocycles. The average Bonchev–Trinajstić information content (AvgIpc) is 2.44. The molecule has 21 heavy (non-hydrogen) atoms. The molecule has 2 N–H and O–H groups in total. The lowest BCUT2D eigenvalue weighted by molar-refractivity contribution is 0.586. The molecule has 0 aliphatic carbocycles. The fourth-order valence-corrected chi connectivity index (χ4v) is 3.88. The number of benzene rings is 2. The maximum absolute atomic E-state index is 13.9. The molecule has 0 spiro atoms. The van der Waals surface area contributed by atoms with Crippen LogP contribution in [0, 0.1) is 12.7 Å². The number of halogens is 1. The van der Waals surface area contributed by atoms with Crippen molar-refractivity contribution in [1.82, 2.24) is 0 Å². The third-order valence-electron chi connectivity index (χ3n) is 3.19. The molecule has 0 fully saturated rings. The van der Waals surface area contributed by atoms with Crippen molar-refractivity contribution >= 4 is 21.4 Å². The van der Waals surface area contributed by atoms with Gasteiger partial charge in [-0.1, -0.05) is 18.2 Å². The molecule has 0 saturated heterocycles. The first-order valence-corrected chi connectivity index (χ1v) is 7.95. The molecule has 6 heteroatoms. The molecular weight excluding hydrogens is 291 g/mol. The standard InChI is InChI=1S/C15H17FN2O2S/c1-3-18(14-7-5-4-6-13(14)16)21(19,20)15-10-12(17)9-8-11(15)2/h4-10H,3,17H2,1-2H3. The number of nitrogens with zero attached hydrogens (tertiary/aromatic N) is 1. The second-order valence-electron chi connectivity index (χ2n) is 4.65. The number of aryl methyl sites for hydroxylation is 1. The highest BCUT2D eigenvalue weighted by atomic mass is 32.2. The molecule has 0 atom stereocenters. The van der Waals surface area contributed by atoms with Gasteiger partial charge in [0, 0.05) is 12.2 Å². The van der Waals surface area contributed by atoms with E-state index in [0.717, 1.165) is 4.31 Å². The zero-order valence-electron chi connectivity index (χ0n) is 11.9. The van der Waals surface area contributed by atoms with Crippen molar-refractivity contribution in [3.63, 3.8) is 0 Å². The lowest BCUT2D eigenvalue weighted by atomic mass is 10.2. The number of hydrogen-bond donors (Lipinski definition) is 1. The van der Waals surface area contributed by atoms with Gasteiger partial charge in [0.1, 0.15) is 5.82 Å². The highest BCUT2D eigenvalue weighted by Crippen LogP contribution is 2.28. The Bertz CT molecular complexity index is 760. The van der Waals surface area contributed by atoms with Crippen LogP contribution in [0.15, 0.2) is 47.4 Å². The molecule has 112 valence electrons. The second-order valence-corrected chi connectivity index (χ2v) is 6.48. The largest absolute Gasteiger partial charge is 0.399 e. The van der Waals surface area contributed by atoms with Crippen molar-refractivity contribution in [2.75, 3.05) is 16.6 Å². The van der Waals surface area contributed by atoms with Crippen LogP contribution in [0.2, 0.25) is 0 Å². The number of para-hydroxylation sites is 1. The minimum absolute atomic E-state index is 0.0295. The summed E-state index contributed by atoms with van der Waals surface area (Å²) in [6, 6.07) is 10.5. The van der Waals surface area contributed by atoms with Gasteiger partial charge in [-0.25, -0.2) is 12.8 Å². The van der Waals surface area contributed by atoms with Crippen LogP contribution in [0.25, 0.3) is 0 Å². The van der Waals surface area contributed by atoms with Gasteiger partial charge < -0.3 is 5.73 Å². The van der Waals surface area contributed by atoms with Gasteiger partial charge in [-0.15, -0.1) is 0 Å². The van der Waals surface area contributed by atoms with Crippen molar-refractivity contribution in [3.05, 3.63) is 53.8 Å². The first-order valence-electron chi connectivity index (χ1n) is 6.51. The maximum atomic E-state index is 13.9. The molecule has 0 saturated carbocycles. The Morgan fingerprint density at radius 1 is 1.19 bits per heavy atom. The van der Waals surface area contributed by atoms with E-state index in [9.17, 15) is 12.8 Å². The first kappa shape index (κ1) is 15.3. The maximum Gasteiger partial charge on any atom is 0.264 e. The molecule has 2 rings (SSSR count). The van der Waals surface area contributed by atoms with E-state index in [0.29, 0.717) is 11.3 Å². The Hall–Kier alpha value is -2.08. The topological polar surface area (TPSA) is 63.4 Å². The summed E-state index contributed by atoms with van der Waals surface area (Å²) < 4.78 is 40.6. The van der Waals surface area contributed by atoms with Crippen LogP contribution in [-0.2, 0) is 10.0 Å². The molecule has 0 bridgehead atoms. The van der Waals surface area contributed by atoms with Crippen LogP contribution in [0.3, 0.4) is 0 Å². The molecule has 0 unspecified atom stereocenters. The van der Waals surface area contributed by atoms with E-state index in [1.807, 2.05) is 0 Å². The average molecular weight is 308 g/mol. The van der Waals surface area contributed by atoms with Gasteiger partial charge in [0.25, 0.3) is 10.0 Å². The van der Waals surface area contributed by atoms with E-state index >= 15 is 0 Å².